The molecule has 6 heteroatoms. The fourth-order valence-electron chi connectivity index (χ4n) is 1.79. The van der Waals surface area contributed by atoms with Crippen LogP contribution < -0.4 is 10.6 Å². The molecule has 1 unspecified atom stereocenters. The van der Waals surface area contributed by atoms with E-state index in [-0.39, 0.29) is 12.6 Å². The molecular weight excluding hydrogens is 289 g/mol. The molecule has 114 valence electrons. The van der Waals surface area contributed by atoms with Gasteiger partial charge in [-0.1, -0.05) is 24.6 Å². The fourth-order valence-corrected chi connectivity index (χ4v) is 2.04. The Bertz CT molecular complexity index is 435. The third kappa shape index (κ3) is 5.59. The van der Waals surface area contributed by atoms with Crippen molar-refractivity contribution in [3.63, 3.8) is 0 Å². The summed E-state index contributed by atoms with van der Waals surface area (Å²) in [6, 6.07) is 5.34. The number of nitrogens with zero attached hydrogens (tertiary/aromatic N) is 1. The standard InChI is InChI=1S/C14H20ClF3N2/c1-3-11(19)8-10-4-5-12(9-13(10)15)20(2)7-6-14(16,17)18/h4-5,9,11H,3,6-8,19H2,1-2H3. The first-order chi connectivity index (χ1) is 9.23. The number of nitrogens with two attached hydrogens (primary N) is 1. The quantitative estimate of drug-likeness (QED) is 0.860. The molecule has 2 nitrogen and oxygen atoms in total. The molecule has 0 aliphatic heterocycles. The second-order valence-corrected chi connectivity index (χ2v) is 5.34. The number of benzene rings is 1. The predicted octanol–water partition coefficient (Wildman–Crippen LogP) is 4.01. The summed E-state index contributed by atoms with van der Waals surface area (Å²) >= 11 is 6.16. The van der Waals surface area contributed by atoms with Crippen LogP contribution in [-0.2, 0) is 6.42 Å². The van der Waals surface area contributed by atoms with Crippen LogP contribution in [0.2, 0.25) is 5.02 Å². The van der Waals surface area contributed by atoms with Crippen LogP contribution in [0.5, 0.6) is 0 Å². The molecule has 1 atom stereocenters. The third-order valence-corrected chi connectivity index (χ3v) is 3.57. The van der Waals surface area contributed by atoms with Gasteiger partial charge in [0, 0.05) is 30.3 Å². The lowest BCUT2D eigenvalue weighted by atomic mass is 10.0. The van der Waals surface area contributed by atoms with Crippen LogP contribution in [0.3, 0.4) is 0 Å². The van der Waals surface area contributed by atoms with Gasteiger partial charge >= 0.3 is 6.18 Å². The highest BCUT2D eigenvalue weighted by atomic mass is 35.5. The van der Waals surface area contributed by atoms with Crippen molar-refractivity contribution < 1.29 is 13.2 Å². The number of rotatable bonds is 6. The largest absolute Gasteiger partial charge is 0.390 e. The minimum Gasteiger partial charge on any atom is -0.374 e. The number of alkyl halides is 3. The molecule has 0 bridgehead atoms. The van der Waals surface area contributed by atoms with Gasteiger partial charge in [0.1, 0.15) is 0 Å². The van der Waals surface area contributed by atoms with E-state index in [1.807, 2.05) is 13.0 Å². The van der Waals surface area contributed by atoms with Crippen molar-refractivity contribution in [3.05, 3.63) is 28.8 Å². The molecule has 1 aromatic carbocycles. The zero-order valence-corrected chi connectivity index (χ0v) is 12.4. The summed E-state index contributed by atoms with van der Waals surface area (Å²) in [7, 11) is 1.62. The van der Waals surface area contributed by atoms with E-state index >= 15 is 0 Å². The Morgan fingerprint density at radius 1 is 1.35 bits per heavy atom. The molecule has 0 aliphatic rings. The number of hydrogen-bond acceptors (Lipinski definition) is 2. The van der Waals surface area contributed by atoms with Crippen LogP contribution in [0.1, 0.15) is 25.3 Å². The zero-order valence-electron chi connectivity index (χ0n) is 11.7. The maximum absolute atomic E-state index is 12.2. The van der Waals surface area contributed by atoms with Crippen LogP contribution in [-0.4, -0.2) is 25.8 Å². The lowest BCUT2D eigenvalue weighted by Crippen LogP contribution is -2.24. The lowest BCUT2D eigenvalue weighted by Gasteiger charge is -2.21. The van der Waals surface area contributed by atoms with Gasteiger partial charge in [0.25, 0.3) is 0 Å². The molecule has 0 saturated heterocycles. The summed E-state index contributed by atoms with van der Waals surface area (Å²) in [6.45, 7) is 1.91. The van der Waals surface area contributed by atoms with Gasteiger partial charge in [0.15, 0.2) is 0 Å². The first kappa shape index (κ1) is 17.1. The Balaban J connectivity index is 2.71. The van der Waals surface area contributed by atoms with Crippen LogP contribution in [0.15, 0.2) is 18.2 Å². The SMILES string of the molecule is CCC(N)Cc1ccc(N(C)CCC(F)(F)F)cc1Cl. The normalized spacial score (nSPS) is 13.3. The molecule has 0 aliphatic carbocycles. The minimum absolute atomic E-state index is 0.0429. The third-order valence-electron chi connectivity index (χ3n) is 3.21. The molecule has 0 aromatic heterocycles. The molecule has 0 radical (unpaired) electrons. The fraction of sp³-hybridized carbons (Fsp3) is 0.571. The Labute approximate surface area is 122 Å². The molecular formula is C14H20ClF3N2. The van der Waals surface area contributed by atoms with Crippen molar-refractivity contribution in [2.24, 2.45) is 5.73 Å². The van der Waals surface area contributed by atoms with Gasteiger partial charge < -0.3 is 10.6 Å². The second-order valence-electron chi connectivity index (χ2n) is 4.93. The van der Waals surface area contributed by atoms with Gasteiger partial charge in [-0.15, -0.1) is 0 Å². The van der Waals surface area contributed by atoms with E-state index in [0.717, 1.165) is 12.0 Å². The van der Waals surface area contributed by atoms with Crippen LogP contribution in [0.25, 0.3) is 0 Å². The monoisotopic (exact) mass is 308 g/mol. The van der Waals surface area contributed by atoms with E-state index in [0.29, 0.717) is 17.1 Å². The summed E-state index contributed by atoms with van der Waals surface area (Å²) in [5.74, 6) is 0. The zero-order chi connectivity index (χ0) is 15.3. The second kappa shape index (κ2) is 7.18. The smallest absolute Gasteiger partial charge is 0.374 e. The molecule has 0 saturated carbocycles. The van der Waals surface area contributed by atoms with Crippen molar-refractivity contribution in [1.29, 1.82) is 0 Å². The van der Waals surface area contributed by atoms with Crippen molar-refractivity contribution in [3.8, 4) is 0 Å². The highest BCUT2D eigenvalue weighted by Gasteiger charge is 2.27. The summed E-state index contributed by atoms with van der Waals surface area (Å²) in [5.41, 5.74) is 7.47. The molecule has 1 rings (SSSR count). The molecule has 20 heavy (non-hydrogen) atoms. The van der Waals surface area contributed by atoms with Crippen molar-refractivity contribution in [2.45, 2.75) is 38.4 Å². The Morgan fingerprint density at radius 3 is 2.50 bits per heavy atom. The highest BCUT2D eigenvalue weighted by molar-refractivity contribution is 6.31. The Kier molecular flexibility index (Phi) is 6.14. The minimum atomic E-state index is -4.15. The maximum atomic E-state index is 12.2. The van der Waals surface area contributed by atoms with E-state index in [9.17, 15) is 13.2 Å². The summed E-state index contributed by atoms with van der Waals surface area (Å²) in [5, 5.41) is 0.547. The molecule has 0 heterocycles. The predicted molar refractivity (Wildman–Crippen MR) is 77.4 cm³/mol. The van der Waals surface area contributed by atoms with Gasteiger partial charge in [-0.05, 0) is 30.5 Å². The highest BCUT2D eigenvalue weighted by Crippen LogP contribution is 2.26. The first-order valence-corrected chi connectivity index (χ1v) is 6.92. The topological polar surface area (TPSA) is 29.3 Å². The van der Waals surface area contributed by atoms with E-state index in [2.05, 4.69) is 0 Å². The van der Waals surface area contributed by atoms with Crippen LogP contribution in [0, 0.1) is 0 Å². The van der Waals surface area contributed by atoms with Crippen LogP contribution >= 0.6 is 11.6 Å². The Hall–Kier alpha value is -0.940. The lowest BCUT2D eigenvalue weighted by molar-refractivity contribution is -0.132. The molecule has 2 N–H and O–H groups in total. The maximum Gasteiger partial charge on any atom is 0.390 e. The number of halogens is 4. The van der Waals surface area contributed by atoms with Gasteiger partial charge in [0.2, 0.25) is 0 Å². The van der Waals surface area contributed by atoms with Gasteiger partial charge in [0.05, 0.1) is 6.42 Å². The molecule has 0 spiro atoms. The molecule has 0 fully saturated rings. The van der Waals surface area contributed by atoms with Crippen molar-refractivity contribution in [1.82, 2.24) is 0 Å². The van der Waals surface area contributed by atoms with E-state index in [1.165, 1.54) is 0 Å². The Morgan fingerprint density at radius 2 is 2.00 bits per heavy atom. The average molecular weight is 309 g/mol. The molecule has 1 aromatic rings. The van der Waals surface area contributed by atoms with E-state index in [1.54, 1.807) is 24.1 Å². The first-order valence-electron chi connectivity index (χ1n) is 6.55. The number of anilines is 1. The average Bonchev–Trinajstić information content (AvgIpc) is 2.37. The van der Waals surface area contributed by atoms with E-state index < -0.39 is 12.6 Å². The van der Waals surface area contributed by atoms with Crippen molar-refractivity contribution in [2.75, 3.05) is 18.5 Å². The molecule has 0 amide bonds. The van der Waals surface area contributed by atoms with E-state index in [4.69, 9.17) is 17.3 Å². The van der Waals surface area contributed by atoms with Gasteiger partial charge in [-0.3, -0.25) is 0 Å². The van der Waals surface area contributed by atoms with Gasteiger partial charge in [-0.2, -0.15) is 13.2 Å². The number of hydrogen-bond donors (Lipinski definition) is 1. The van der Waals surface area contributed by atoms with Gasteiger partial charge in [-0.25, -0.2) is 0 Å². The van der Waals surface area contributed by atoms with Crippen LogP contribution in [0.4, 0.5) is 18.9 Å². The summed E-state index contributed by atoms with van der Waals surface area (Å²) in [4.78, 5) is 1.54. The summed E-state index contributed by atoms with van der Waals surface area (Å²) < 4.78 is 36.6. The van der Waals surface area contributed by atoms with Crippen molar-refractivity contribution >= 4 is 17.3 Å². The summed E-state index contributed by atoms with van der Waals surface area (Å²) in [6.07, 6.45) is -3.47.